The van der Waals surface area contributed by atoms with Crippen LogP contribution < -0.4 is 10.6 Å². The van der Waals surface area contributed by atoms with Crippen LogP contribution in [0.1, 0.15) is 22.8 Å². The van der Waals surface area contributed by atoms with E-state index in [9.17, 15) is 4.79 Å². The van der Waals surface area contributed by atoms with Crippen LogP contribution in [0, 0.1) is 0 Å². The summed E-state index contributed by atoms with van der Waals surface area (Å²) in [5, 5.41) is 6.20. The van der Waals surface area contributed by atoms with E-state index in [1.54, 1.807) is 18.3 Å². The van der Waals surface area contributed by atoms with E-state index in [-0.39, 0.29) is 5.91 Å². The number of hydrogen-bond donors (Lipinski definition) is 2. The summed E-state index contributed by atoms with van der Waals surface area (Å²) in [6.07, 6.45) is 2.53. The zero-order chi connectivity index (χ0) is 16.7. The topological polar surface area (TPSA) is 57.3 Å². The average molecular weight is 312 g/mol. The highest BCUT2D eigenvalue weighted by molar-refractivity contribution is 6.05. The number of nitrogens with zero attached hydrogens (tertiary/aromatic N) is 2. The van der Waals surface area contributed by atoms with Crippen molar-refractivity contribution < 1.29 is 4.79 Å². The molecule has 0 saturated carbocycles. The van der Waals surface area contributed by atoms with Gasteiger partial charge in [-0.25, -0.2) is 4.98 Å². The quantitative estimate of drug-likeness (QED) is 0.825. The lowest BCUT2D eigenvalue weighted by Gasteiger charge is -2.12. The molecule has 0 aliphatic rings. The fraction of sp³-hybridized carbons (Fsp3) is 0.333. The summed E-state index contributed by atoms with van der Waals surface area (Å²) in [6.45, 7) is 3.76. The van der Waals surface area contributed by atoms with Gasteiger partial charge in [0.25, 0.3) is 5.91 Å². The predicted octanol–water partition coefficient (Wildman–Crippen LogP) is 2.87. The molecule has 5 heteroatoms. The van der Waals surface area contributed by atoms with Crippen molar-refractivity contribution in [1.29, 1.82) is 0 Å². The fourth-order valence-corrected chi connectivity index (χ4v) is 2.22. The molecule has 0 fully saturated rings. The summed E-state index contributed by atoms with van der Waals surface area (Å²) in [7, 11) is 4.04. The molecule has 1 heterocycles. The number of nitrogens with one attached hydrogen (secondary N) is 2. The Hall–Kier alpha value is -2.40. The van der Waals surface area contributed by atoms with Gasteiger partial charge in [0.05, 0.1) is 0 Å². The van der Waals surface area contributed by atoms with E-state index in [1.165, 1.54) is 0 Å². The number of anilines is 2. The van der Waals surface area contributed by atoms with E-state index in [1.807, 2.05) is 38.4 Å². The summed E-state index contributed by atoms with van der Waals surface area (Å²) in [5.74, 6) is 0.590. The molecule has 0 aliphatic heterocycles. The molecular weight excluding hydrogens is 288 g/mol. The van der Waals surface area contributed by atoms with Crippen molar-refractivity contribution >= 4 is 17.4 Å². The van der Waals surface area contributed by atoms with Gasteiger partial charge in [-0.1, -0.05) is 25.1 Å². The van der Waals surface area contributed by atoms with Crippen molar-refractivity contribution in [3.05, 3.63) is 53.7 Å². The number of para-hydroxylation sites is 1. The summed E-state index contributed by atoms with van der Waals surface area (Å²) in [4.78, 5) is 18.8. The van der Waals surface area contributed by atoms with E-state index in [0.29, 0.717) is 11.4 Å². The van der Waals surface area contributed by atoms with Crippen LogP contribution in [-0.4, -0.2) is 43.0 Å². The third-order valence-corrected chi connectivity index (χ3v) is 3.53. The van der Waals surface area contributed by atoms with Crippen molar-refractivity contribution in [2.24, 2.45) is 0 Å². The molecule has 0 aliphatic carbocycles. The molecule has 122 valence electrons. The molecule has 5 nitrogen and oxygen atoms in total. The van der Waals surface area contributed by atoms with Gasteiger partial charge in [-0.2, -0.15) is 0 Å². The molecule has 1 aromatic carbocycles. The minimum Gasteiger partial charge on any atom is -0.369 e. The van der Waals surface area contributed by atoms with Crippen LogP contribution in [0.15, 0.2) is 42.6 Å². The Morgan fingerprint density at radius 1 is 1.22 bits per heavy atom. The molecule has 23 heavy (non-hydrogen) atoms. The largest absolute Gasteiger partial charge is 0.369 e. The minimum absolute atomic E-state index is 0.121. The molecular formula is C18H24N4O. The van der Waals surface area contributed by atoms with Gasteiger partial charge in [0.15, 0.2) is 0 Å². The van der Waals surface area contributed by atoms with Crippen LogP contribution in [0.25, 0.3) is 0 Å². The van der Waals surface area contributed by atoms with Crippen molar-refractivity contribution in [1.82, 2.24) is 9.88 Å². The lowest BCUT2D eigenvalue weighted by Crippen LogP contribution is -2.21. The smallest absolute Gasteiger partial charge is 0.255 e. The summed E-state index contributed by atoms with van der Waals surface area (Å²) < 4.78 is 0. The summed E-state index contributed by atoms with van der Waals surface area (Å²) in [5.41, 5.74) is 2.58. The normalized spacial score (nSPS) is 10.6. The number of amides is 1. The number of aryl methyl sites for hydroxylation is 1. The van der Waals surface area contributed by atoms with Gasteiger partial charge < -0.3 is 15.5 Å². The second-order valence-corrected chi connectivity index (χ2v) is 5.62. The maximum atomic E-state index is 12.4. The molecule has 0 spiro atoms. The first-order valence-electron chi connectivity index (χ1n) is 7.84. The van der Waals surface area contributed by atoms with E-state index in [0.717, 1.165) is 30.8 Å². The second kappa shape index (κ2) is 8.29. The molecule has 0 atom stereocenters. The SMILES string of the molecule is CCc1ccccc1NC(=O)c1ccnc(NCCN(C)C)c1. The highest BCUT2D eigenvalue weighted by Crippen LogP contribution is 2.17. The first-order valence-corrected chi connectivity index (χ1v) is 7.84. The minimum atomic E-state index is -0.121. The van der Waals surface area contributed by atoms with Gasteiger partial charge in [0, 0.05) is 30.5 Å². The maximum Gasteiger partial charge on any atom is 0.255 e. The Morgan fingerprint density at radius 3 is 2.74 bits per heavy atom. The van der Waals surface area contributed by atoms with E-state index >= 15 is 0 Å². The number of pyridine rings is 1. The van der Waals surface area contributed by atoms with Crippen LogP contribution in [0.2, 0.25) is 0 Å². The summed E-state index contributed by atoms with van der Waals surface area (Å²) in [6, 6.07) is 11.4. The molecule has 0 radical (unpaired) electrons. The Labute approximate surface area is 137 Å². The van der Waals surface area contributed by atoms with Crippen LogP contribution >= 0.6 is 0 Å². The number of carbonyl (C=O) groups is 1. The zero-order valence-electron chi connectivity index (χ0n) is 14.0. The van der Waals surface area contributed by atoms with Crippen molar-refractivity contribution in [3.63, 3.8) is 0 Å². The van der Waals surface area contributed by atoms with Gasteiger partial charge in [0.2, 0.25) is 0 Å². The standard InChI is InChI=1S/C18H24N4O/c1-4-14-7-5-6-8-16(14)21-18(23)15-9-10-19-17(13-15)20-11-12-22(2)3/h5-10,13H,4,11-12H2,1-3H3,(H,19,20)(H,21,23). The zero-order valence-corrected chi connectivity index (χ0v) is 14.0. The second-order valence-electron chi connectivity index (χ2n) is 5.62. The van der Waals surface area contributed by atoms with Gasteiger partial charge in [0.1, 0.15) is 5.82 Å². The average Bonchev–Trinajstić information content (AvgIpc) is 2.55. The third-order valence-electron chi connectivity index (χ3n) is 3.53. The third kappa shape index (κ3) is 5.07. The fourth-order valence-electron chi connectivity index (χ4n) is 2.22. The highest BCUT2D eigenvalue weighted by atomic mass is 16.1. The van der Waals surface area contributed by atoms with Crippen molar-refractivity contribution in [3.8, 4) is 0 Å². The number of aromatic nitrogens is 1. The summed E-state index contributed by atoms with van der Waals surface area (Å²) >= 11 is 0. The number of rotatable bonds is 7. The molecule has 2 N–H and O–H groups in total. The molecule has 1 amide bonds. The van der Waals surface area contributed by atoms with Crippen LogP contribution in [0.4, 0.5) is 11.5 Å². The van der Waals surface area contributed by atoms with Crippen molar-refractivity contribution in [2.45, 2.75) is 13.3 Å². The Bertz CT molecular complexity index is 655. The molecule has 0 saturated heterocycles. The molecule has 2 rings (SSSR count). The van der Waals surface area contributed by atoms with E-state index in [4.69, 9.17) is 0 Å². The van der Waals surface area contributed by atoms with Crippen LogP contribution in [0.3, 0.4) is 0 Å². The van der Waals surface area contributed by atoms with E-state index in [2.05, 4.69) is 27.4 Å². The van der Waals surface area contributed by atoms with Gasteiger partial charge >= 0.3 is 0 Å². The number of benzene rings is 1. The number of carbonyl (C=O) groups excluding carboxylic acids is 1. The van der Waals surface area contributed by atoms with Crippen LogP contribution in [-0.2, 0) is 6.42 Å². The first-order chi connectivity index (χ1) is 11.1. The number of hydrogen-bond acceptors (Lipinski definition) is 4. The van der Waals surface area contributed by atoms with Gasteiger partial charge in [-0.05, 0) is 44.3 Å². The maximum absolute atomic E-state index is 12.4. The number of likely N-dealkylation sites (N-methyl/N-ethyl adjacent to an activating group) is 1. The Morgan fingerprint density at radius 2 is 2.00 bits per heavy atom. The Kier molecular flexibility index (Phi) is 6.11. The van der Waals surface area contributed by atoms with Crippen LogP contribution in [0.5, 0.6) is 0 Å². The molecule has 0 bridgehead atoms. The Balaban J connectivity index is 2.04. The molecule has 2 aromatic rings. The monoisotopic (exact) mass is 312 g/mol. The van der Waals surface area contributed by atoms with E-state index < -0.39 is 0 Å². The van der Waals surface area contributed by atoms with Crippen molar-refractivity contribution in [2.75, 3.05) is 37.8 Å². The molecule has 0 unspecified atom stereocenters. The van der Waals surface area contributed by atoms with Gasteiger partial charge in [-0.15, -0.1) is 0 Å². The van der Waals surface area contributed by atoms with Gasteiger partial charge in [-0.3, -0.25) is 4.79 Å². The lowest BCUT2D eigenvalue weighted by molar-refractivity contribution is 0.102. The molecule has 1 aromatic heterocycles. The highest BCUT2D eigenvalue weighted by Gasteiger charge is 2.09. The lowest BCUT2D eigenvalue weighted by atomic mass is 10.1. The first kappa shape index (κ1) is 17.0. The predicted molar refractivity (Wildman–Crippen MR) is 95.1 cm³/mol.